The summed E-state index contributed by atoms with van der Waals surface area (Å²) < 4.78 is 22.8. The van der Waals surface area contributed by atoms with Gasteiger partial charge in [0.15, 0.2) is 4.90 Å². The van der Waals surface area contributed by atoms with Crippen LogP contribution >= 0.6 is 0 Å². The first-order chi connectivity index (χ1) is 19.5. The van der Waals surface area contributed by atoms with Crippen LogP contribution in [0.4, 0.5) is 5.95 Å². The molecule has 2 unspecified atom stereocenters. The number of benzene rings is 3. The van der Waals surface area contributed by atoms with Crippen LogP contribution in [0.3, 0.4) is 0 Å². The van der Waals surface area contributed by atoms with E-state index in [0.717, 1.165) is 66.2 Å². The average molecular weight is 553 g/mol. The lowest BCUT2D eigenvalue weighted by Crippen LogP contribution is -2.42. The number of nitrogens with zero attached hydrogens (tertiary/aromatic N) is 3. The van der Waals surface area contributed by atoms with E-state index in [-0.39, 0.29) is 0 Å². The third-order valence-electron chi connectivity index (χ3n) is 8.21. The van der Waals surface area contributed by atoms with Gasteiger partial charge in [0.1, 0.15) is 11.4 Å². The van der Waals surface area contributed by atoms with Crippen LogP contribution in [0.15, 0.2) is 83.8 Å². The second-order valence-electron chi connectivity index (χ2n) is 11.1. The van der Waals surface area contributed by atoms with Crippen molar-refractivity contribution < 1.29 is 9.29 Å². The number of nitrogens with one attached hydrogen (secondary N) is 1. The van der Waals surface area contributed by atoms with Gasteiger partial charge >= 0.3 is 0 Å². The van der Waals surface area contributed by atoms with Crippen molar-refractivity contribution in [2.24, 2.45) is 11.8 Å². The van der Waals surface area contributed by atoms with Crippen molar-refractivity contribution in [3.8, 4) is 17.1 Å². The molecule has 1 saturated heterocycles. The molecular weight excluding hydrogens is 516 g/mol. The zero-order valence-electron chi connectivity index (χ0n) is 23.2. The Balaban J connectivity index is 1.34. The molecule has 3 heterocycles. The summed E-state index contributed by atoms with van der Waals surface area (Å²) in [5.41, 5.74) is 6.63. The summed E-state index contributed by atoms with van der Waals surface area (Å²) in [4.78, 5) is 12.7. The zero-order chi connectivity index (χ0) is 27.5. The second-order valence-corrected chi connectivity index (χ2v) is 12.3. The predicted molar refractivity (Wildman–Crippen MR) is 161 cm³/mol. The number of rotatable bonds is 3. The van der Waals surface area contributed by atoms with E-state index in [2.05, 4.69) is 89.1 Å². The number of hydrogen-bond donors (Lipinski definition) is 1. The van der Waals surface area contributed by atoms with E-state index in [4.69, 9.17) is 9.72 Å². The van der Waals surface area contributed by atoms with Gasteiger partial charge in [-0.25, -0.2) is 4.98 Å². The molecule has 6 nitrogen and oxygen atoms in total. The predicted octanol–water partition coefficient (Wildman–Crippen LogP) is 6.36. The van der Waals surface area contributed by atoms with Crippen molar-refractivity contribution >= 4 is 17.3 Å². The largest absolute Gasteiger partial charge is 0.588 e. The molecule has 0 saturated carbocycles. The number of hydrogen-bond acceptors (Lipinski definition) is 6. The molecule has 4 bridgehead atoms. The third kappa shape index (κ3) is 6.17. The molecule has 0 amide bonds. The standard InChI is InChI=1S/C33H36N4O2S/c1-23-8-6-9-24(2)32(23)30-19-31-35-33(34-30)36-40(38)29-13-7-12-25(18-29)14-15-27-16-17-37(21-28(27)22-39-31)20-26-10-4-3-5-11-26/h3-13,18-19,27-28H,14-17,20-22H2,1-2H3,(H,34,35,36)/t27?,28-,40?/m1/s1. The number of aromatic nitrogens is 2. The summed E-state index contributed by atoms with van der Waals surface area (Å²) in [6.45, 7) is 7.78. The lowest BCUT2D eigenvalue weighted by Gasteiger charge is -2.38. The van der Waals surface area contributed by atoms with Crippen LogP contribution in [0.2, 0.25) is 0 Å². The Morgan fingerprint density at radius 2 is 1.73 bits per heavy atom. The highest BCUT2D eigenvalue weighted by molar-refractivity contribution is 7.92. The average Bonchev–Trinajstić information content (AvgIpc) is 2.96. The molecule has 0 radical (unpaired) electrons. The van der Waals surface area contributed by atoms with Crippen molar-refractivity contribution in [1.82, 2.24) is 14.9 Å². The maximum Gasteiger partial charge on any atom is 0.269 e. The second kappa shape index (κ2) is 12.0. The highest BCUT2D eigenvalue weighted by atomic mass is 32.2. The van der Waals surface area contributed by atoms with Crippen molar-refractivity contribution in [2.45, 2.75) is 44.6 Å². The lowest BCUT2D eigenvalue weighted by atomic mass is 9.82. The Morgan fingerprint density at radius 3 is 2.55 bits per heavy atom. The number of likely N-dealkylation sites (tertiary alicyclic amines) is 1. The Labute approximate surface area is 240 Å². The minimum atomic E-state index is -1.49. The number of anilines is 1. The van der Waals surface area contributed by atoms with Crippen molar-refractivity contribution in [2.75, 3.05) is 24.4 Å². The van der Waals surface area contributed by atoms with E-state index in [9.17, 15) is 4.55 Å². The Kier molecular flexibility index (Phi) is 8.05. The number of aryl methyl sites for hydroxylation is 3. The molecule has 206 valence electrons. The van der Waals surface area contributed by atoms with Gasteiger partial charge in [-0.15, -0.1) is 0 Å². The van der Waals surface area contributed by atoms with Crippen LogP contribution in [0.1, 0.15) is 35.1 Å². The summed E-state index contributed by atoms with van der Waals surface area (Å²) in [5.74, 6) is 1.74. The first kappa shape index (κ1) is 26.8. The fourth-order valence-electron chi connectivity index (χ4n) is 6.10. The monoisotopic (exact) mass is 552 g/mol. The Bertz CT molecular complexity index is 1440. The van der Waals surface area contributed by atoms with Crippen LogP contribution < -0.4 is 9.46 Å². The molecule has 0 spiro atoms. The van der Waals surface area contributed by atoms with Crippen LogP contribution in [0, 0.1) is 25.7 Å². The molecule has 1 fully saturated rings. The summed E-state index contributed by atoms with van der Waals surface area (Å²) in [6, 6.07) is 27.0. The lowest BCUT2D eigenvalue weighted by molar-refractivity contribution is 0.0708. The van der Waals surface area contributed by atoms with E-state index < -0.39 is 11.4 Å². The third-order valence-corrected chi connectivity index (χ3v) is 9.26. The molecular formula is C33H36N4O2S. The Hall–Kier alpha value is -3.39. The normalized spacial score (nSPS) is 21.4. The van der Waals surface area contributed by atoms with Gasteiger partial charge in [-0.1, -0.05) is 60.7 Å². The van der Waals surface area contributed by atoms with E-state index in [1.807, 2.05) is 18.2 Å². The first-order valence-electron chi connectivity index (χ1n) is 14.1. The van der Waals surface area contributed by atoms with Gasteiger partial charge in [-0.2, -0.15) is 9.71 Å². The minimum Gasteiger partial charge on any atom is -0.588 e. The SMILES string of the molecule is Cc1cccc(C)c1-c1cc2nc(n1)N[S+]([O-])c1cccc(c1)CCC1CCN(Cc3ccccc3)C[C@@H]1CO2. The summed E-state index contributed by atoms with van der Waals surface area (Å²) >= 11 is -1.49. The molecule has 0 aliphatic carbocycles. The molecule has 1 N–H and O–H groups in total. The fraction of sp³-hybridized carbons (Fsp3) is 0.333. The molecule has 1 aromatic heterocycles. The highest BCUT2D eigenvalue weighted by Gasteiger charge is 2.30. The fourth-order valence-corrected chi connectivity index (χ4v) is 6.94. The van der Waals surface area contributed by atoms with Gasteiger partial charge in [-0.3, -0.25) is 4.90 Å². The van der Waals surface area contributed by atoms with E-state index in [1.54, 1.807) is 0 Å². The smallest absolute Gasteiger partial charge is 0.269 e. The molecule has 3 atom stereocenters. The van der Waals surface area contributed by atoms with E-state index in [1.165, 1.54) is 11.1 Å². The molecule has 4 aromatic rings. The first-order valence-corrected chi connectivity index (χ1v) is 15.3. The molecule has 40 heavy (non-hydrogen) atoms. The van der Waals surface area contributed by atoms with Gasteiger partial charge in [-0.05, 0) is 80.0 Å². The van der Waals surface area contributed by atoms with Crippen LogP contribution in [0.5, 0.6) is 5.88 Å². The van der Waals surface area contributed by atoms with Crippen LogP contribution in [-0.4, -0.2) is 39.1 Å². The van der Waals surface area contributed by atoms with Gasteiger partial charge < -0.3 is 9.29 Å². The number of piperidine rings is 1. The van der Waals surface area contributed by atoms with Crippen molar-refractivity contribution in [3.05, 3.63) is 101 Å². The van der Waals surface area contributed by atoms with Gasteiger partial charge in [0.05, 0.1) is 12.3 Å². The molecule has 3 aromatic carbocycles. The molecule has 6 rings (SSSR count). The van der Waals surface area contributed by atoms with Gasteiger partial charge in [0.25, 0.3) is 5.95 Å². The maximum absolute atomic E-state index is 13.3. The van der Waals surface area contributed by atoms with Crippen molar-refractivity contribution in [3.63, 3.8) is 0 Å². The summed E-state index contributed by atoms with van der Waals surface area (Å²) in [6.07, 6.45) is 3.18. The van der Waals surface area contributed by atoms with Crippen molar-refractivity contribution in [1.29, 1.82) is 0 Å². The number of ether oxygens (including phenoxy) is 1. The highest BCUT2D eigenvalue weighted by Crippen LogP contribution is 2.33. The Morgan fingerprint density at radius 1 is 0.925 bits per heavy atom. The molecule has 2 aliphatic heterocycles. The van der Waals surface area contributed by atoms with E-state index in [0.29, 0.717) is 30.3 Å². The quantitative estimate of drug-likeness (QED) is 0.298. The summed E-state index contributed by atoms with van der Waals surface area (Å²) in [5, 5.41) is 0. The molecule has 7 heteroatoms. The van der Waals surface area contributed by atoms with Gasteiger partial charge in [0, 0.05) is 30.6 Å². The minimum absolute atomic E-state index is 0.307. The summed E-state index contributed by atoms with van der Waals surface area (Å²) in [7, 11) is 0. The van der Waals surface area contributed by atoms with Gasteiger partial charge in [0.2, 0.25) is 5.88 Å². The van der Waals surface area contributed by atoms with Crippen LogP contribution in [0.25, 0.3) is 11.3 Å². The van der Waals surface area contributed by atoms with E-state index >= 15 is 0 Å². The molecule has 2 aliphatic rings. The topological polar surface area (TPSA) is 73.3 Å². The van der Waals surface area contributed by atoms with Crippen LogP contribution in [-0.2, 0) is 24.3 Å². The maximum atomic E-state index is 13.3. The zero-order valence-corrected chi connectivity index (χ0v) is 24.0. The number of fused-ring (bicyclic) bond motifs is 5.